The van der Waals surface area contributed by atoms with Gasteiger partial charge in [0.25, 0.3) is 0 Å². The van der Waals surface area contributed by atoms with Gasteiger partial charge in [0.15, 0.2) is 11.6 Å². The maximum atomic E-state index is 13.0. The molecule has 1 aromatic carbocycles. The Kier molecular flexibility index (Phi) is 4.99. The standard InChI is InChI=1S/C14H17F2NO2S/c15-11-3-2-10(8-12(11)16)20-7-4-13(19)17-14(9-18)5-1-6-14/h2-3,8,18H,1,4-7,9H2,(H,17,19). The molecule has 0 saturated heterocycles. The maximum absolute atomic E-state index is 13.0. The van der Waals surface area contributed by atoms with Crippen molar-refractivity contribution in [2.24, 2.45) is 0 Å². The fourth-order valence-electron chi connectivity index (χ4n) is 2.11. The number of hydrogen-bond acceptors (Lipinski definition) is 3. The molecular weight excluding hydrogens is 284 g/mol. The minimum atomic E-state index is -0.881. The lowest BCUT2D eigenvalue weighted by atomic mass is 9.77. The lowest BCUT2D eigenvalue weighted by Crippen LogP contribution is -2.56. The van der Waals surface area contributed by atoms with E-state index in [9.17, 15) is 18.7 Å². The van der Waals surface area contributed by atoms with Crippen molar-refractivity contribution >= 4 is 17.7 Å². The highest BCUT2D eigenvalue weighted by molar-refractivity contribution is 7.99. The summed E-state index contributed by atoms with van der Waals surface area (Å²) >= 11 is 1.30. The number of amides is 1. The topological polar surface area (TPSA) is 49.3 Å². The van der Waals surface area contributed by atoms with Gasteiger partial charge in [-0.15, -0.1) is 11.8 Å². The highest BCUT2D eigenvalue weighted by atomic mass is 32.2. The molecule has 20 heavy (non-hydrogen) atoms. The third-order valence-corrected chi connectivity index (χ3v) is 4.50. The number of benzene rings is 1. The summed E-state index contributed by atoms with van der Waals surface area (Å²) in [6.07, 6.45) is 2.92. The molecule has 0 radical (unpaired) electrons. The summed E-state index contributed by atoms with van der Waals surface area (Å²) < 4.78 is 25.7. The first-order chi connectivity index (χ1) is 9.54. The van der Waals surface area contributed by atoms with Gasteiger partial charge in [-0.3, -0.25) is 4.79 Å². The predicted octanol–water partition coefficient (Wildman–Crippen LogP) is 2.48. The van der Waals surface area contributed by atoms with Crippen LogP contribution in [-0.2, 0) is 4.79 Å². The minimum Gasteiger partial charge on any atom is -0.394 e. The van der Waals surface area contributed by atoms with Gasteiger partial charge in [0.05, 0.1) is 12.1 Å². The Balaban J connectivity index is 1.75. The highest BCUT2D eigenvalue weighted by Gasteiger charge is 2.37. The second kappa shape index (κ2) is 6.54. The van der Waals surface area contributed by atoms with Gasteiger partial charge in [-0.25, -0.2) is 8.78 Å². The largest absolute Gasteiger partial charge is 0.394 e. The van der Waals surface area contributed by atoms with Gasteiger partial charge < -0.3 is 10.4 Å². The van der Waals surface area contributed by atoms with E-state index in [2.05, 4.69) is 5.32 Å². The van der Waals surface area contributed by atoms with E-state index < -0.39 is 17.2 Å². The zero-order valence-corrected chi connectivity index (χ0v) is 11.8. The zero-order valence-electron chi connectivity index (χ0n) is 11.0. The van der Waals surface area contributed by atoms with Crippen LogP contribution in [0.2, 0.25) is 0 Å². The van der Waals surface area contributed by atoms with Crippen molar-refractivity contribution in [3.05, 3.63) is 29.8 Å². The Morgan fingerprint density at radius 3 is 2.65 bits per heavy atom. The maximum Gasteiger partial charge on any atom is 0.221 e. The van der Waals surface area contributed by atoms with Crippen LogP contribution in [0.5, 0.6) is 0 Å². The Bertz CT molecular complexity index is 487. The number of carbonyl (C=O) groups is 1. The van der Waals surface area contributed by atoms with Crippen molar-refractivity contribution in [1.29, 1.82) is 0 Å². The summed E-state index contributed by atoms with van der Waals surface area (Å²) in [7, 11) is 0. The molecule has 2 rings (SSSR count). The van der Waals surface area contributed by atoms with E-state index in [-0.39, 0.29) is 18.9 Å². The molecule has 0 aliphatic heterocycles. The van der Waals surface area contributed by atoms with Crippen LogP contribution in [0.25, 0.3) is 0 Å². The molecule has 1 fully saturated rings. The van der Waals surface area contributed by atoms with Gasteiger partial charge in [0, 0.05) is 17.1 Å². The monoisotopic (exact) mass is 301 g/mol. The molecule has 0 atom stereocenters. The highest BCUT2D eigenvalue weighted by Crippen LogP contribution is 2.31. The minimum absolute atomic E-state index is 0.0327. The van der Waals surface area contributed by atoms with Crippen LogP contribution in [0.4, 0.5) is 8.78 Å². The molecule has 1 aliphatic rings. The fourth-order valence-corrected chi connectivity index (χ4v) is 2.99. The molecule has 0 heterocycles. The second-order valence-corrected chi connectivity index (χ2v) is 6.18. The molecule has 1 aromatic rings. The summed E-state index contributed by atoms with van der Waals surface area (Å²) in [4.78, 5) is 12.3. The summed E-state index contributed by atoms with van der Waals surface area (Å²) in [6, 6.07) is 3.69. The van der Waals surface area contributed by atoms with Gasteiger partial charge >= 0.3 is 0 Å². The quantitative estimate of drug-likeness (QED) is 0.794. The molecule has 3 nitrogen and oxygen atoms in total. The van der Waals surface area contributed by atoms with E-state index in [4.69, 9.17) is 0 Å². The number of aliphatic hydroxyl groups is 1. The van der Waals surface area contributed by atoms with Crippen LogP contribution < -0.4 is 5.32 Å². The molecule has 0 aromatic heterocycles. The lowest BCUT2D eigenvalue weighted by Gasteiger charge is -2.41. The lowest BCUT2D eigenvalue weighted by molar-refractivity contribution is -0.124. The number of hydrogen-bond donors (Lipinski definition) is 2. The summed E-state index contributed by atoms with van der Waals surface area (Å²) in [5, 5.41) is 12.1. The molecule has 6 heteroatoms. The average Bonchev–Trinajstić information content (AvgIpc) is 2.38. The molecule has 2 N–H and O–H groups in total. The van der Waals surface area contributed by atoms with Crippen LogP contribution in [-0.4, -0.2) is 28.9 Å². The molecule has 110 valence electrons. The Morgan fingerprint density at radius 2 is 2.10 bits per heavy atom. The summed E-state index contributed by atoms with van der Waals surface area (Å²) in [5.41, 5.74) is -0.427. The average molecular weight is 301 g/mol. The van der Waals surface area contributed by atoms with Crippen LogP contribution in [0.3, 0.4) is 0 Å². The Labute approximate surface area is 120 Å². The number of rotatable bonds is 6. The van der Waals surface area contributed by atoms with Crippen LogP contribution >= 0.6 is 11.8 Å². The van der Waals surface area contributed by atoms with Crippen molar-refractivity contribution < 1.29 is 18.7 Å². The van der Waals surface area contributed by atoms with Crippen molar-refractivity contribution in [3.8, 4) is 0 Å². The first-order valence-electron chi connectivity index (χ1n) is 6.54. The van der Waals surface area contributed by atoms with Crippen molar-refractivity contribution in [1.82, 2.24) is 5.32 Å². The van der Waals surface area contributed by atoms with E-state index >= 15 is 0 Å². The van der Waals surface area contributed by atoms with Crippen LogP contribution in [0.1, 0.15) is 25.7 Å². The molecule has 0 bridgehead atoms. The molecule has 1 amide bonds. The number of aliphatic hydroxyl groups excluding tert-OH is 1. The zero-order chi connectivity index (χ0) is 14.6. The first-order valence-corrected chi connectivity index (χ1v) is 7.53. The Morgan fingerprint density at radius 1 is 1.35 bits per heavy atom. The van der Waals surface area contributed by atoms with E-state index in [1.807, 2.05) is 0 Å². The van der Waals surface area contributed by atoms with Crippen LogP contribution in [0.15, 0.2) is 23.1 Å². The smallest absolute Gasteiger partial charge is 0.221 e. The van der Waals surface area contributed by atoms with E-state index in [0.29, 0.717) is 10.6 Å². The third kappa shape index (κ3) is 3.70. The fraction of sp³-hybridized carbons (Fsp3) is 0.500. The number of thioether (sulfide) groups is 1. The van der Waals surface area contributed by atoms with Crippen molar-refractivity contribution in [2.75, 3.05) is 12.4 Å². The first kappa shape index (κ1) is 15.3. The van der Waals surface area contributed by atoms with Gasteiger partial charge in [0.1, 0.15) is 0 Å². The third-order valence-electron chi connectivity index (χ3n) is 3.51. The van der Waals surface area contributed by atoms with E-state index in [1.54, 1.807) is 0 Å². The Hall–Kier alpha value is -1.14. The molecule has 1 aliphatic carbocycles. The van der Waals surface area contributed by atoms with Gasteiger partial charge in [-0.05, 0) is 37.5 Å². The van der Waals surface area contributed by atoms with E-state index in [0.717, 1.165) is 31.4 Å². The molecule has 1 saturated carbocycles. The van der Waals surface area contributed by atoms with Gasteiger partial charge in [-0.1, -0.05) is 0 Å². The second-order valence-electron chi connectivity index (χ2n) is 5.01. The summed E-state index contributed by atoms with van der Waals surface area (Å²) in [5.74, 6) is -1.39. The van der Waals surface area contributed by atoms with Gasteiger partial charge in [0.2, 0.25) is 5.91 Å². The number of halogens is 2. The predicted molar refractivity (Wildman–Crippen MR) is 73.5 cm³/mol. The molecular formula is C14H17F2NO2S. The van der Waals surface area contributed by atoms with Crippen molar-refractivity contribution in [2.45, 2.75) is 36.1 Å². The van der Waals surface area contributed by atoms with Crippen molar-refractivity contribution in [3.63, 3.8) is 0 Å². The SMILES string of the molecule is O=C(CCSc1ccc(F)c(F)c1)NC1(CO)CCC1. The molecule has 0 unspecified atom stereocenters. The van der Waals surface area contributed by atoms with Gasteiger partial charge in [-0.2, -0.15) is 0 Å². The number of carbonyl (C=O) groups excluding carboxylic acids is 1. The van der Waals surface area contributed by atoms with Crippen LogP contribution in [0, 0.1) is 11.6 Å². The van der Waals surface area contributed by atoms with E-state index in [1.165, 1.54) is 17.8 Å². The number of nitrogens with one attached hydrogen (secondary N) is 1. The normalized spacial score (nSPS) is 16.6. The summed E-state index contributed by atoms with van der Waals surface area (Å²) in [6.45, 7) is -0.0327. The molecule has 0 spiro atoms.